The van der Waals surface area contributed by atoms with Crippen LogP contribution in [-0.4, -0.2) is 49.6 Å². The number of imidazole rings is 1. The third kappa shape index (κ3) is 5.88. The molecule has 1 aliphatic rings. The number of anilines is 1. The number of primary amides is 1. The number of hydrogen-bond acceptors (Lipinski definition) is 7. The first-order valence-corrected chi connectivity index (χ1v) is 12.5. The van der Waals surface area contributed by atoms with E-state index in [1.807, 2.05) is 0 Å². The summed E-state index contributed by atoms with van der Waals surface area (Å²) < 4.78 is 6.74. The van der Waals surface area contributed by atoms with Gasteiger partial charge < -0.3 is 21.6 Å². The quantitative estimate of drug-likeness (QED) is 0.411. The highest BCUT2D eigenvalue weighted by Crippen LogP contribution is 2.34. The molecule has 12 heteroatoms. The molecule has 1 atom stereocenters. The lowest BCUT2D eigenvalue weighted by Gasteiger charge is -2.36. The van der Waals surface area contributed by atoms with Gasteiger partial charge in [-0.15, -0.1) is 0 Å². The number of pyridine rings is 1. The van der Waals surface area contributed by atoms with Gasteiger partial charge in [0.15, 0.2) is 11.5 Å². The van der Waals surface area contributed by atoms with Crippen LogP contribution in [0, 0.1) is 0 Å². The zero-order valence-corrected chi connectivity index (χ0v) is 22.2. The van der Waals surface area contributed by atoms with Gasteiger partial charge in [0, 0.05) is 23.9 Å². The van der Waals surface area contributed by atoms with Gasteiger partial charge in [0.1, 0.15) is 17.1 Å². The van der Waals surface area contributed by atoms with Crippen molar-refractivity contribution < 1.29 is 19.1 Å². The summed E-state index contributed by atoms with van der Waals surface area (Å²) in [6, 6.07) is 9.20. The molecule has 0 bridgehead atoms. The second kappa shape index (κ2) is 10.7. The minimum atomic E-state index is -0.767. The van der Waals surface area contributed by atoms with Crippen molar-refractivity contribution in [2.24, 2.45) is 5.73 Å². The molecule has 0 radical (unpaired) electrons. The molecule has 3 amide bonds. The molecule has 3 heterocycles. The first kappa shape index (κ1) is 26.9. The Balaban J connectivity index is 1.63. The van der Waals surface area contributed by atoms with Gasteiger partial charge >= 0.3 is 6.09 Å². The Kier molecular flexibility index (Phi) is 7.58. The van der Waals surface area contributed by atoms with Crippen LogP contribution < -0.4 is 16.9 Å². The van der Waals surface area contributed by atoms with Crippen LogP contribution in [0.25, 0.3) is 11.3 Å². The zero-order chi connectivity index (χ0) is 27.6. The predicted octanol–water partition coefficient (Wildman–Crippen LogP) is 4.13. The van der Waals surface area contributed by atoms with Gasteiger partial charge in [-0.25, -0.2) is 19.4 Å². The maximum absolute atomic E-state index is 12.9. The number of aromatic nitrogens is 3. The maximum Gasteiger partial charge on any atom is 0.410 e. The fourth-order valence-corrected chi connectivity index (χ4v) is 4.39. The number of likely N-dealkylation sites (tertiary alicyclic amines) is 1. The van der Waals surface area contributed by atoms with Crippen LogP contribution in [0.15, 0.2) is 42.6 Å². The first-order valence-electron chi connectivity index (χ1n) is 12.1. The fourth-order valence-electron chi connectivity index (χ4n) is 4.28. The molecule has 38 heavy (non-hydrogen) atoms. The van der Waals surface area contributed by atoms with E-state index in [-0.39, 0.29) is 17.3 Å². The van der Waals surface area contributed by atoms with Crippen LogP contribution in [0.3, 0.4) is 0 Å². The standard InChI is InChI=1S/C26H30ClN7O4/c1-26(2,3)38-25(37)33-13-5-4-6-18(33)23-32-20(21(22(28)35)34(23)29)15-7-9-16(10-8-15)24(36)31-19-12-11-17(27)14-30-19/h7-12,14,18H,4-6,13,29H2,1-3H3,(H2,28,35)(H,30,31,36). The first-order chi connectivity index (χ1) is 17.9. The van der Waals surface area contributed by atoms with E-state index in [9.17, 15) is 14.4 Å². The lowest BCUT2D eigenvalue weighted by molar-refractivity contribution is 0.00821. The average molecular weight is 540 g/mol. The van der Waals surface area contributed by atoms with E-state index in [1.54, 1.807) is 62.1 Å². The average Bonchev–Trinajstić information content (AvgIpc) is 3.21. The summed E-state index contributed by atoms with van der Waals surface area (Å²) in [4.78, 5) is 48.3. The van der Waals surface area contributed by atoms with Gasteiger partial charge in [-0.05, 0) is 64.3 Å². The number of carbonyl (C=O) groups excluding carboxylic acids is 3. The summed E-state index contributed by atoms with van der Waals surface area (Å²) in [7, 11) is 0. The summed E-state index contributed by atoms with van der Waals surface area (Å²) in [6.45, 7) is 5.87. The molecule has 0 aliphatic carbocycles. The minimum absolute atomic E-state index is 0.00252. The van der Waals surface area contributed by atoms with E-state index in [0.717, 1.165) is 17.5 Å². The molecular formula is C26H30ClN7O4. The molecule has 2 aromatic heterocycles. The SMILES string of the molecule is CC(C)(C)OC(=O)N1CCCCC1c1nc(-c2ccc(C(=O)Nc3ccc(Cl)cn3)cc2)c(C(N)=O)n1N. The number of nitrogens with one attached hydrogen (secondary N) is 1. The number of ether oxygens (including phenoxy) is 1. The van der Waals surface area contributed by atoms with Crippen LogP contribution >= 0.6 is 11.6 Å². The van der Waals surface area contributed by atoms with Crippen molar-refractivity contribution in [2.75, 3.05) is 17.7 Å². The molecule has 1 fully saturated rings. The van der Waals surface area contributed by atoms with Crippen molar-refractivity contribution in [2.45, 2.75) is 51.7 Å². The van der Waals surface area contributed by atoms with E-state index in [0.29, 0.717) is 40.8 Å². The van der Waals surface area contributed by atoms with E-state index in [4.69, 9.17) is 27.9 Å². The number of nitrogens with two attached hydrogens (primary N) is 2. The molecular weight excluding hydrogens is 510 g/mol. The molecule has 0 saturated carbocycles. The Morgan fingerprint density at radius 1 is 1.11 bits per heavy atom. The summed E-state index contributed by atoms with van der Waals surface area (Å²) in [5.74, 6) is 5.87. The molecule has 5 N–H and O–H groups in total. The fraction of sp³-hybridized carbons (Fsp3) is 0.346. The van der Waals surface area contributed by atoms with Crippen molar-refractivity contribution in [1.29, 1.82) is 0 Å². The number of rotatable bonds is 5. The van der Waals surface area contributed by atoms with E-state index in [2.05, 4.69) is 15.3 Å². The van der Waals surface area contributed by atoms with E-state index in [1.165, 1.54) is 6.20 Å². The molecule has 11 nitrogen and oxygen atoms in total. The highest BCUT2D eigenvalue weighted by atomic mass is 35.5. The number of carbonyl (C=O) groups is 3. The Morgan fingerprint density at radius 2 is 1.82 bits per heavy atom. The van der Waals surface area contributed by atoms with E-state index < -0.39 is 23.6 Å². The molecule has 1 saturated heterocycles. The van der Waals surface area contributed by atoms with Crippen molar-refractivity contribution in [3.05, 3.63) is 64.7 Å². The van der Waals surface area contributed by atoms with E-state index >= 15 is 0 Å². The Hall–Kier alpha value is -4.12. The Labute approximate surface area is 225 Å². The highest BCUT2D eigenvalue weighted by Gasteiger charge is 2.36. The Bertz CT molecular complexity index is 1350. The van der Waals surface area contributed by atoms with Crippen LogP contribution in [0.2, 0.25) is 5.02 Å². The minimum Gasteiger partial charge on any atom is -0.444 e. The third-order valence-corrected chi connectivity index (χ3v) is 6.21. The number of benzene rings is 1. The summed E-state index contributed by atoms with van der Waals surface area (Å²) in [5.41, 5.74) is 6.17. The normalized spacial score (nSPS) is 15.7. The number of amides is 3. The maximum atomic E-state index is 12.9. The van der Waals surface area contributed by atoms with Crippen molar-refractivity contribution in [1.82, 2.24) is 19.5 Å². The van der Waals surface area contributed by atoms with Crippen molar-refractivity contribution in [3.8, 4) is 11.3 Å². The van der Waals surface area contributed by atoms with Crippen LogP contribution in [0.4, 0.5) is 10.6 Å². The second-order valence-electron chi connectivity index (χ2n) is 9.98. The number of nitrogens with zero attached hydrogens (tertiary/aromatic N) is 4. The second-order valence-corrected chi connectivity index (χ2v) is 10.4. The van der Waals surface area contributed by atoms with Gasteiger partial charge in [0.05, 0.1) is 11.1 Å². The van der Waals surface area contributed by atoms with Gasteiger partial charge in [0.2, 0.25) is 0 Å². The lowest BCUT2D eigenvalue weighted by atomic mass is 10.0. The smallest absolute Gasteiger partial charge is 0.410 e. The van der Waals surface area contributed by atoms with Crippen LogP contribution in [-0.2, 0) is 4.74 Å². The van der Waals surface area contributed by atoms with Crippen LogP contribution in [0.1, 0.15) is 72.7 Å². The highest BCUT2D eigenvalue weighted by molar-refractivity contribution is 6.30. The zero-order valence-electron chi connectivity index (χ0n) is 21.4. The Morgan fingerprint density at radius 3 is 2.42 bits per heavy atom. The molecule has 1 aromatic carbocycles. The molecule has 1 unspecified atom stereocenters. The lowest BCUT2D eigenvalue weighted by Crippen LogP contribution is -2.43. The topological polar surface area (TPSA) is 158 Å². The molecule has 4 rings (SSSR count). The molecule has 200 valence electrons. The largest absolute Gasteiger partial charge is 0.444 e. The van der Waals surface area contributed by atoms with Gasteiger partial charge in [0.25, 0.3) is 11.8 Å². The summed E-state index contributed by atoms with van der Waals surface area (Å²) in [5, 5.41) is 3.15. The van der Waals surface area contributed by atoms with Crippen molar-refractivity contribution >= 4 is 35.3 Å². The predicted molar refractivity (Wildman–Crippen MR) is 143 cm³/mol. The number of hydrogen-bond donors (Lipinski definition) is 3. The van der Waals surface area contributed by atoms with Gasteiger partial charge in [-0.2, -0.15) is 0 Å². The third-order valence-electron chi connectivity index (χ3n) is 5.99. The van der Waals surface area contributed by atoms with Gasteiger partial charge in [-0.1, -0.05) is 23.7 Å². The number of piperidine rings is 1. The number of halogens is 1. The van der Waals surface area contributed by atoms with Gasteiger partial charge in [-0.3, -0.25) is 14.5 Å². The van der Waals surface area contributed by atoms with Crippen molar-refractivity contribution in [3.63, 3.8) is 0 Å². The monoisotopic (exact) mass is 539 g/mol. The summed E-state index contributed by atoms with van der Waals surface area (Å²) in [6.07, 6.45) is 3.22. The number of nitrogen functional groups attached to an aromatic ring is 1. The molecule has 1 aliphatic heterocycles. The molecule has 0 spiro atoms. The molecule has 3 aromatic rings. The summed E-state index contributed by atoms with van der Waals surface area (Å²) >= 11 is 5.84. The van der Waals surface area contributed by atoms with Crippen LogP contribution in [0.5, 0.6) is 0 Å².